The third-order valence-electron chi connectivity index (χ3n) is 6.44. The highest BCUT2D eigenvalue weighted by Gasteiger charge is 2.44. The van der Waals surface area contributed by atoms with Crippen LogP contribution >= 0.6 is 0 Å². The van der Waals surface area contributed by atoms with E-state index in [-0.39, 0.29) is 17.6 Å². The lowest BCUT2D eigenvalue weighted by atomic mass is 9.88. The predicted molar refractivity (Wildman–Crippen MR) is 110 cm³/mol. The second-order valence-corrected chi connectivity index (χ2v) is 8.18. The van der Waals surface area contributed by atoms with Crippen LogP contribution in [0.5, 0.6) is 0 Å². The van der Waals surface area contributed by atoms with Gasteiger partial charge in [-0.05, 0) is 31.2 Å². The molecule has 146 valence electrons. The molecule has 0 aliphatic heterocycles. The van der Waals surface area contributed by atoms with E-state index in [1.54, 1.807) is 12.1 Å². The lowest BCUT2D eigenvalue weighted by Crippen LogP contribution is -2.43. The van der Waals surface area contributed by atoms with Gasteiger partial charge in [0.2, 0.25) is 23.0 Å². The molecule has 1 heterocycles. The van der Waals surface area contributed by atoms with Crippen LogP contribution in [0.15, 0.2) is 54.6 Å². The fraction of sp³-hybridized carbons (Fsp3) is 0.320. The summed E-state index contributed by atoms with van der Waals surface area (Å²) in [6.07, 6.45) is 5.73. The molecule has 4 heteroatoms. The second-order valence-electron chi connectivity index (χ2n) is 8.18. The zero-order valence-corrected chi connectivity index (χ0v) is 16.7. The normalized spacial score (nSPS) is 16.6. The third kappa shape index (κ3) is 2.86. The quantitative estimate of drug-likeness (QED) is 0.490. The smallest absolute Gasteiger partial charge is 0.254 e. The molecule has 1 aromatic heterocycles. The summed E-state index contributed by atoms with van der Waals surface area (Å²) in [7, 11) is 0. The van der Waals surface area contributed by atoms with Crippen molar-refractivity contribution in [1.82, 2.24) is 4.57 Å². The van der Waals surface area contributed by atoms with Crippen molar-refractivity contribution >= 4 is 11.6 Å². The number of nitrogens with zero attached hydrogens (tertiary/aromatic N) is 2. The van der Waals surface area contributed by atoms with Crippen LogP contribution in [0.2, 0.25) is 0 Å². The van der Waals surface area contributed by atoms with Gasteiger partial charge in [-0.1, -0.05) is 61.0 Å². The monoisotopic (exact) mass is 385 g/mol. The Labute approximate surface area is 170 Å². The molecular weight excluding hydrogens is 360 g/mol. The third-order valence-corrected chi connectivity index (χ3v) is 6.44. The number of ketones is 2. The fourth-order valence-electron chi connectivity index (χ4n) is 5.02. The van der Waals surface area contributed by atoms with Gasteiger partial charge in [0.05, 0.1) is 0 Å². The van der Waals surface area contributed by atoms with Crippen LogP contribution in [-0.4, -0.2) is 16.1 Å². The minimum atomic E-state index is -0.0382. The maximum absolute atomic E-state index is 13.5. The van der Waals surface area contributed by atoms with Crippen molar-refractivity contribution < 1.29 is 14.2 Å². The van der Waals surface area contributed by atoms with Crippen molar-refractivity contribution in [1.29, 1.82) is 0 Å². The van der Waals surface area contributed by atoms with Gasteiger partial charge < -0.3 is 0 Å². The highest BCUT2D eigenvalue weighted by Crippen LogP contribution is 2.34. The Morgan fingerprint density at radius 2 is 1.48 bits per heavy atom. The van der Waals surface area contributed by atoms with Crippen LogP contribution in [0, 0.1) is 6.92 Å². The Morgan fingerprint density at radius 3 is 2.17 bits per heavy atom. The van der Waals surface area contributed by atoms with Crippen molar-refractivity contribution in [3.05, 3.63) is 88.5 Å². The van der Waals surface area contributed by atoms with E-state index >= 15 is 0 Å². The minimum absolute atomic E-state index is 0.0179. The van der Waals surface area contributed by atoms with Crippen LogP contribution in [0.25, 0.3) is 0 Å². The van der Waals surface area contributed by atoms with E-state index in [1.165, 1.54) is 19.3 Å². The number of hydrogen-bond acceptors (Lipinski definition) is 2. The molecule has 0 amide bonds. The standard InChI is InChI=1S/C25H25N2O2/c1-17-26(16-18-10-4-2-5-11-18)22-23(27(17)19-12-6-3-7-13-19)25(29)21-15-9-8-14-20(21)24(22)28/h2,4-5,8-11,14-15,19H,3,6-7,12-13,16H2,1H3/q+1. The van der Waals surface area contributed by atoms with E-state index in [2.05, 4.69) is 28.2 Å². The molecule has 5 rings (SSSR count). The number of carbonyl (C=O) groups is 2. The van der Waals surface area contributed by atoms with Crippen molar-refractivity contribution in [2.24, 2.45) is 0 Å². The molecule has 1 fully saturated rings. The molecule has 2 aromatic carbocycles. The molecule has 0 atom stereocenters. The Balaban J connectivity index is 1.73. The summed E-state index contributed by atoms with van der Waals surface area (Å²) in [5.74, 6) is 0.944. The zero-order chi connectivity index (χ0) is 20.0. The minimum Gasteiger partial charge on any atom is -0.284 e. The Bertz CT molecular complexity index is 1110. The fourth-order valence-corrected chi connectivity index (χ4v) is 5.02. The van der Waals surface area contributed by atoms with Gasteiger partial charge in [0.25, 0.3) is 5.82 Å². The first kappa shape index (κ1) is 18.0. The van der Waals surface area contributed by atoms with Crippen LogP contribution in [0.3, 0.4) is 0 Å². The highest BCUT2D eigenvalue weighted by molar-refractivity contribution is 6.26. The second kappa shape index (κ2) is 7.11. The number of imidazole rings is 1. The molecule has 0 unspecified atom stereocenters. The van der Waals surface area contributed by atoms with Crippen LogP contribution in [0.4, 0.5) is 0 Å². The van der Waals surface area contributed by atoms with E-state index < -0.39 is 0 Å². The van der Waals surface area contributed by atoms with Crippen LogP contribution < -0.4 is 4.57 Å². The molecule has 2 aliphatic carbocycles. The van der Waals surface area contributed by atoms with Crippen molar-refractivity contribution in [2.45, 2.75) is 51.6 Å². The van der Waals surface area contributed by atoms with Gasteiger partial charge in [-0.3, -0.25) is 9.59 Å². The molecular formula is C25H25N2O2+. The molecule has 3 aromatic rings. The van der Waals surface area contributed by atoms with Gasteiger partial charge in [-0.2, -0.15) is 0 Å². The molecule has 4 nitrogen and oxygen atoms in total. The maximum atomic E-state index is 13.5. The summed E-state index contributed by atoms with van der Waals surface area (Å²) >= 11 is 0. The molecule has 0 radical (unpaired) electrons. The highest BCUT2D eigenvalue weighted by atomic mass is 16.1. The Kier molecular flexibility index (Phi) is 4.42. The SMILES string of the molecule is Cc1n(C2CCCCC2)c2c([n+]1Cc1ccccc1)C(=O)c1ccccc1C2=O. The summed E-state index contributed by atoms with van der Waals surface area (Å²) in [5.41, 5.74) is 3.33. The number of hydrogen-bond donors (Lipinski definition) is 0. The van der Waals surface area contributed by atoms with E-state index in [0.717, 1.165) is 24.2 Å². The average molecular weight is 385 g/mol. The summed E-state index contributed by atoms with van der Waals surface area (Å²) in [4.78, 5) is 27.1. The first-order valence-electron chi connectivity index (χ1n) is 10.5. The Morgan fingerprint density at radius 1 is 0.862 bits per heavy atom. The first-order chi connectivity index (χ1) is 14.2. The molecule has 0 saturated heterocycles. The number of benzene rings is 2. The first-order valence-corrected chi connectivity index (χ1v) is 10.5. The van der Waals surface area contributed by atoms with Crippen molar-refractivity contribution in [3.63, 3.8) is 0 Å². The summed E-state index contributed by atoms with van der Waals surface area (Å²) in [5, 5.41) is 0. The lowest BCUT2D eigenvalue weighted by Gasteiger charge is -2.21. The van der Waals surface area contributed by atoms with Gasteiger partial charge in [0.1, 0.15) is 12.6 Å². The van der Waals surface area contributed by atoms with Crippen LogP contribution in [0.1, 0.15) is 81.6 Å². The molecule has 29 heavy (non-hydrogen) atoms. The average Bonchev–Trinajstić information content (AvgIpc) is 3.06. The van der Waals surface area contributed by atoms with Crippen molar-refractivity contribution in [2.75, 3.05) is 0 Å². The predicted octanol–water partition coefficient (Wildman–Crippen LogP) is 4.41. The van der Waals surface area contributed by atoms with E-state index in [4.69, 9.17) is 0 Å². The summed E-state index contributed by atoms with van der Waals surface area (Å²) < 4.78 is 4.25. The molecule has 0 spiro atoms. The topological polar surface area (TPSA) is 43.0 Å². The number of carbonyl (C=O) groups excluding carboxylic acids is 2. The molecule has 0 bridgehead atoms. The van der Waals surface area contributed by atoms with E-state index in [0.29, 0.717) is 29.1 Å². The summed E-state index contributed by atoms with van der Waals surface area (Å²) in [6, 6.07) is 17.7. The van der Waals surface area contributed by atoms with Gasteiger partial charge in [-0.25, -0.2) is 9.13 Å². The molecule has 2 aliphatic rings. The van der Waals surface area contributed by atoms with E-state index in [9.17, 15) is 9.59 Å². The zero-order valence-electron chi connectivity index (χ0n) is 16.7. The van der Waals surface area contributed by atoms with Crippen molar-refractivity contribution in [3.8, 4) is 0 Å². The maximum Gasteiger partial charge on any atom is 0.254 e. The molecule has 0 N–H and O–H groups in total. The van der Waals surface area contributed by atoms with Crippen LogP contribution in [-0.2, 0) is 6.54 Å². The van der Waals surface area contributed by atoms with Gasteiger partial charge in [-0.15, -0.1) is 0 Å². The molecule has 1 saturated carbocycles. The summed E-state index contributed by atoms with van der Waals surface area (Å²) in [6.45, 7) is 2.65. The van der Waals surface area contributed by atoms with Gasteiger partial charge >= 0.3 is 0 Å². The van der Waals surface area contributed by atoms with E-state index in [1.807, 2.05) is 30.3 Å². The lowest BCUT2D eigenvalue weighted by molar-refractivity contribution is -0.695. The van der Waals surface area contributed by atoms with Gasteiger partial charge in [0.15, 0.2) is 0 Å². The Hall–Kier alpha value is -3.01. The van der Waals surface area contributed by atoms with Gasteiger partial charge in [0, 0.05) is 18.1 Å². The largest absolute Gasteiger partial charge is 0.284 e. The number of rotatable bonds is 3. The number of fused-ring (bicyclic) bond motifs is 2. The number of aromatic nitrogens is 2.